The highest BCUT2D eigenvalue weighted by Gasteiger charge is 2.31. The number of amides is 1. The van der Waals surface area contributed by atoms with Crippen molar-refractivity contribution in [3.8, 4) is 0 Å². The molecule has 3 rings (SSSR count). The topological polar surface area (TPSA) is 88.5 Å². The first kappa shape index (κ1) is 17.6. The molecule has 1 amide bonds. The summed E-state index contributed by atoms with van der Waals surface area (Å²) in [4.78, 5) is 20.8. The number of aryl methyl sites for hydroxylation is 1. The smallest absolute Gasteiger partial charge is 0.239 e. The zero-order valence-corrected chi connectivity index (χ0v) is 14.8. The number of likely N-dealkylation sites (tertiary alicyclic amines) is 1. The molecule has 0 aliphatic carbocycles. The first-order valence-electron chi connectivity index (χ1n) is 8.62. The van der Waals surface area contributed by atoms with E-state index in [-0.39, 0.29) is 11.9 Å². The Balaban J connectivity index is 1.69. The lowest BCUT2D eigenvalue weighted by atomic mass is 9.98. The van der Waals surface area contributed by atoms with Gasteiger partial charge in [-0.25, -0.2) is 0 Å². The van der Waals surface area contributed by atoms with Gasteiger partial charge in [0.1, 0.15) is 6.04 Å². The second kappa shape index (κ2) is 7.76. The molecule has 7 heteroatoms. The molecular formula is C18H25N5O2. The Morgan fingerprint density at radius 1 is 1.44 bits per heavy atom. The first-order valence-corrected chi connectivity index (χ1v) is 8.62. The molecule has 1 aromatic carbocycles. The maximum atomic E-state index is 12.1. The number of nitrogens with two attached hydrogens (primary N) is 1. The number of hydrogen-bond donors (Lipinski definition) is 1. The van der Waals surface area contributed by atoms with Crippen molar-refractivity contribution in [2.24, 2.45) is 5.73 Å². The average Bonchev–Trinajstić information content (AvgIpc) is 3.00. The highest BCUT2D eigenvalue weighted by atomic mass is 16.5. The van der Waals surface area contributed by atoms with Crippen molar-refractivity contribution in [3.63, 3.8) is 0 Å². The molecule has 0 unspecified atom stereocenters. The molecule has 25 heavy (non-hydrogen) atoms. The van der Waals surface area contributed by atoms with Crippen molar-refractivity contribution in [2.45, 2.75) is 38.4 Å². The van der Waals surface area contributed by atoms with Gasteiger partial charge in [-0.3, -0.25) is 14.6 Å². The largest absolute Gasteiger partial charge is 0.368 e. The zero-order chi connectivity index (χ0) is 17.8. The van der Waals surface area contributed by atoms with Gasteiger partial charge in [0.2, 0.25) is 11.8 Å². The van der Waals surface area contributed by atoms with Gasteiger partial charge in [0, 0.05) is 19.5 Å². The Morgan fingerprint density at radius 3 is 2.84 bits per heavy atom. The van der Waals surface area contributed by atoms with E-state index in [1.165, 1.54) is 0 Å². The quantitative estimate of drug-likeness (QED) is 0.855. The van der Waals surface area contributed by atoms with E-state index < -0.39 is 6.04 Å². The lowest BCUT2D eigenvalue weighted by molar-refractivity contribution is -0.124. The second-order valence-electron chi connectivity index (χ2n) is 6.64. The Labute approximate surface area is 147 Å². The predicted molar refractivity (Wildman–Crippen MR) is 93.5 cm³/mol. The summed E-state index contributed by atoms with van der Waals surface area (Å²) in [7, 11) is 1.98. The van der Waals surface area contributed by atoms with Gasteiger partial charge in [0.15, 0.2) is 5.82 Å². The summed E-state index contributed by atoms with van der Waals surface area (Å²) < 4.78 is 5.05. The van der Waals surface area contributed by atoms with Crippen LogP contribution in [0.5, 0.6) is 0 Å². The van der Waals surface area contributed by atoms with E-state index in [2.05, 4.69) is 19.9 Å². The van der Waals surface area contributed by atoms with Crippen LogP contribution in [0.3, 0.4) is 0 Å². The van der Waals surface area contributed by atoms with E-state index in [0.29, 0.717) is 18.3 Å². The Hall–Kier alpha value is -2.25. The number of carbonyl (C=O) groups is 1. The monoisotopic (exact) mass is 343 g/mol. The van der Waals surface area contributed by atoms with Crippen LogP contribution in [0.15, 0.2) is 34.9 Å². The predicted octanol–water partition coefficient (Wildman–Crippen LogP) is 1.50. The molecule has 134 valence electrons. The van der Waals surface area contributed by atoms with Crippen molar-refractivity contribution in [2.75, 3.05) is 20.1 Å². The van der Waals surface area contributed by atoms with Crippen molar-refractivity contribution < 1.29 is 9.32 Å². The van der Waals surface area contributed by atoms with Crippen LogP contribution in [0.4, 0.5) is 0 Å². The summed E-state index contributed by atoms with van der Waals surface area (Å²) in [6.45, 7) is 4.29. The fourth-order valence-electron chi connectivity index (χ4n) is 3.56. The molecule has 7 nitrogen and oxygen atoms in total. The summed E-state index contributed by atoms with van der Waals surface area (Å²) in [5.74, 6) is 0.966. The number of aromatic nitrogens is 2. The fraction of sp³-hybridized carbons (Fsp3) is 0.500. The normalized spacial score (nSPS) is 19.9. The van der Waals surface area contributed by atoms with E-state index in [9.17, 15) is 4.79 Å². The van der Waals surface area contributed by atoms with E-state index in [0.717, 1.165) is 31.5 Å². The molecule has 1 saturated heterocycles. The van der Waals surface area contributed by atoms with Crippen molar-refractivity contribution >= 4 is 5.91 Å². The maximum absolute atomic E-state index is 12.1. The minimum atomic E-state index is -0.418. The van der Waals surface area contributed by atoms with Gasteiger partial charge in [0.05, 0.1) is 6.54 Å². The second-order valence-corrected chi connectivity index (χ2v) is 6.64. The van der Waals surface area contributed by atoms with Gasteiger partial charge in [-0.05, 0) is 32.0 Å². The summed E-state index contributed by atoms with van der Waals surface area (Å²) in [6, 6.07) is 9.55. The number of likely N-dealkylation sites (N-methyl/N-ethyl adjacent to an activating group) is 1. The van der Waals surface area contributed by atoms with Crippen LogP contribution < -0.4 is 5.73 Å². The lowest BCUT2D eigenvalue weighted by Gasteiger charge is -2.40. The van der Waals surface area contributed by atoms with Crippen molar-refractivity contribution in [1.29, 1.82) is 0 Å². The number of primary amides is 1. The highest BCUT2D eigenvalue weighted by Crippen LogP contribution is 2.25. The third kappa shape index (κ3) is 4.24. The molecule has 2 heterocycles. The van der Waals surface area contributed by atoms with Crippen LogP contribution in [0, 0.1) is 6.92 Å². The molecule has 0 spiro atoms. The number of benzene rings is 1. The summed E-state index contributed by atoms with van der Waals surface area (Å²) in [5.41, 5.74) is 6.64. The molecule has 2 atom stereocenters. The molecule has 2 aromatic rings. The van der Waals surface area contributed by atoms with E-state index in [1.807, 2.05) is 37.4 Å². The number of rotatable bonds is 6. The Morgan fingerprint density at radius 2 is 2.20 bits per heavy atom. The van der Waals surface area contributed by atoms with Gasteiger partial charge >= 0.3 is 0 Å². The number of hydrogen-bond acceptors (Lipinski definition) is 6. The number of carbonyl (C=O) groups excluding carboxylic acids is 1. The van der Waals surface area contributed by atoms with Gasteiger partial charge in [-0.2, -0.15) is 4.98 Å². The molecule has 0 saturated carbocycles. The molecule has 1 fully saturated rings. The van der Waals surface area contributed by atoms with Crippen LogP contribution in [0.2, 0.25) is 0 Å². The van der Waals surface area contributed by atoms with E-state index in [4.69, 9.17) is 10.3 Å². The van der Waals surface area contributed by atoms with E-state index >= 15 is 0 Å². The zero-order valence-electron chi connectivity index (χ0n) is 14.8. The molecule has 0 radical (unpaired) electrons. The van der Waals surface area contributed by atoms with Gasteiger partial charge in [-0.15, -0.1) is 0 Å². The molecule has 2 N–H and O–H groups in total. The molecule has 0 bridgehead atoms. The Bertz CT molecular complexity index is 703. The number of nitrogens with zero attached hydrogens (tertiary/aromatic N) is 4. The lowest BCUT2D eigenvalue weighted by Crippen LogP contribution is -2.49. The minimum Gasteiger partial charge on any atom is -0.368 e. The standard InChI is InChI=1S/C18H25N5O2/c1-13-20-16(21-25-13)12-23-10-6-9-15(11-23)22(2)17(18(19)24)14-7-4-3-5-8-14/h3-5,7-8,15,17H,6,9-12H2,1-2H3,(H2,19,24)/t15-,17+/m1/s1. The average molecular weight is 343 g/mol. The minimum absolute atomic E-state index is 0.249. The maximum Gasteiger partial charge on any atom is 0.239 e. The number of piperidine rings is 1. The molecule has 1 aliphatic rings. The van der Waals surface area contributed by atoms with Gasteiger partial charge in [0.25, 0.3) is 0 Å². The summed E-state index contributed by atoms with van der Waals surface area (Å²) in [6.07, 6.45) is 2.10. The molecular weight excluding hydrogens is 318 g/mol. The SMILES string of the molecule is Cc1nc(CN2CCC[C@@H](N(C)[C@H](C(N)=O)c3ccccc3)C2)no1. The van der Waals surface area contributed by atoms with Crippen LogP contribution in [0.1, 0.15) is 36.2 Å². The third-order valence-electron chi connectivity index (χ3n) is 4.78. The van der Waals surface area contributed by atoms with Crippen LogP contribution in [-0.2, 0) is 11.3 Å². The van der Waals surface area contributed by atoms with Crippen molar-refractivity contribution in [1.82, 2.24) is 19.9 Å². The van der Waals surface area contributed by atoms with Crippen molar-refractivity contribution in [3.05, 3.63) is 47.6 Å². The van der Waals surface area contributed by atoms with Gasteiger partial charge in [-0.1, -0.05) is 35.5 Å². The third-order valence-corrected chi connectivity index (χ3v) is 4.78. The van der Waals surface area contributed by atoms with Gasteiger partial charge < -0.3 is 10.3 Å². The molecule has 1 aromatic heterocycles. The summed E-state index contributed by atoms with van der Waals surface area (Å²) in [5, 5.41) is 3.98. The molecule has 1 aliphatic heterocycles. The highest BCUT2D eigenvalue weighted by molar-refractivity contribution is 5.81. The summed E-state index contributed by atoms with van der Waals surface area (Å²) >= 11 is 0. The Kier molecular flexibility index (Phi) is 5.45. The van der Waals surface area contributed by atoms with Crippen LogP contribution in [0.25, 0.3) is 0 Å². The van der Waals surface area contributed by atoms with Crippen LogP contribution >= 0.6 is 0 Å². The van der Waals surface area contributed by atoms with E-state index in [1.54, 1.807) is 6.92 Å². The fourth-order valence-corrected chi connectivity index (χ4v) is 3.56. The first-order chi connectivity index (χ1) is 12.0. The van der Waals surface area contributed by atoms with Crippen LogP contribution in [-0.4, -0.2) is 52.0 Å².